The van der Waals surface area contributed by atoms with E-state index in [1.165, 1.54) is 6.33 Å². The van der Waals surface area contributed by atoms with Crippen molar-refractivity contribution in [3.05, 3.63) is 28.1 Å². The van der Waals surface area contributed by atoms with Gasteiger partial charge in [0.1, 0.15) is 18.0 Å². The summed E-state index contributed by atoms with van der Waals surface area (Å²) in [7, 11) is 0. The predicted molar refractivity (Wildman–Crippen MR) is 58.5 cm³/mol. The van der Waals surface area contributed by atoms with Crippen molar-refractivity contribution in [2.45, 2.75) is 6.54 Å². The lowest BCUT2D eigenvalue weighted by Crippen LogP contribution is -2.04. The van der Waals surface area contributed by atoms with Gasteiger partial charge in [0, 0.05) is 6.20 Å². The van der Waals surface area contributed by atoms with Crippen LogP contribution in [0.1, 0.15) is 5.82 Å². The standard InChI is InChI=1S/C7H6BrClN6/c8-4-1-11-7(9)14-6(4)10-2-5-12-3-13-15-5/h1,3H,2H2,(H,10,11,14)(H,12,13,15). The maximum absolute atomic E-state index is 5.66. The average molecular weight is 290 g/mol. The number of hydrogen-bond acceptors (Lipinski definition) is 5. The highest BCUT2D eigenvalue weighted by molar-refractivity contribution is 9.10. The number of hydrogen-bond donors (Lipinski definition) is 2. The summed E-state index contributed by atoms with van der Waals surface area (Å²) in [5.74, 6) is 1.34. The maximum atomic E-state index is 5.66. The number of halogens is 2. The predicted octanol–water partition coefficient (Wildman–Crippen LogP) is 1.62. The van der Waals surface area contributed by atoms with Crippen LogP contribution in [0, 0.1) is 0 Å². The maximum Gasteiger partial charge on any atom is 0.224 e. The van der Waals surface area contributed by atoms with Crippen molar-refractivity contribution in [3.63, 3.8) is 0 Å². The fraction of sp³-hybridized carbons (Fsp3) is 0.143. The molecule has 0 saturated heterocycles. The number of anilines is 1. The molecule has 2 aromatic rings. The Labute approximate surface area is 98.6 Å². The zero-order valence-electron chi connectivity index (χ0n) is 7.41. The Bertz CT molecular complexity index is 445. The third-order valence-corrected chi connectivity index (χ3v) is 2.37. The summed E-state index contributed by atoms with van der Waals surface area (Å²) in [6.07, 6.45) is 3.02. The van der Waals surface area contributed by atoms with Crippen LogP contribution in [0.25, 0.3) is 0 Å². The molecule has 0 spiro atoms. The average Bonchev–Trinajstić information content (AvgIpc) is 2.72. The molecule has 0 aliphatic carbocycles. The first-order valence-electron chi connectivity index (χ1n) is 4.02. The van der Waals surface area contributed by atoms with Gasteiger partial charge < -0.3 is 5.32 Å². The molecule has 0 unspecified atom stereocenters. The minimum atomic E-state index is 0.193. The lowest BCUT2D eigenvalue weighted by atomic mass is 10.5. The zero-order valence-corrected chi connectivity index (χ0v) is 9.75. The third kappa shape index (κ3) is 2.63. The van der Waals surface area contributed by atoms with Crippen molar-refractivity contribution in [2.75, 3.05) is 5.32 Å². The van der Waals surface area contributed by atoms with Crippen molar-refractivity contribution >= 4 is 33.3 Å². The molecule has 2 N–H and O–H groups in total. The summed E-state index contributed by atoms with van der Waals surface area (Å²) in [6.45, 7) is 0.492. The van der Waals surface area contributed by atoms with E-state index in [1.54, 1.807) is 6.20 Å². The Morgan fingerprint density at radius 1 is 1.47 bits per heavy atom. The van der Waals surface area contributed by atoms with Crippen LogP contribution in [0.4, 0.5) is 5.82 Å². The molecule has 0 fully saturated rings. The number of rotatable bonds is 3. The molecule has 0 atom stereocenters. The van der Waals surface area contributed by atoms with Gasteiger partial charge in [-0.05, 0) is 27.5 Å². The molecule has 0 radical (unpaired) electrons. The van der Waals surface area contributed by atoms with E-state index in [2.05, 4.69) is 46.4 Å². The van der Waals surface area contributed by atoms with Gasteiger partial charge in [-0.25, -0.2) is 9.97 Å². The van der Waals surface area contributed by atoms with E-state index < -0.39 is 0 Å². The number of nitrogens with one attached hydrogen (secondary N) is 2. The first-order chi connectivity index (χ1) is 7.25. The zero-order chi connectivity index (χ0) is 10.7. The van der Waals surface area contributed by atoms with Crippen LogP contribution in [-0.2, 0) is 6.54 Å². The van der Waals surface area contributed by atoms with Gasteiger partial charge >= 0.3 is 0 Å². The molecule has 8 heteroatoms. The lowest BCUT2D eigenvalue weighted by molar-refractivity contribution is 0.943. The quantitative estimate of drug-likeness (QED) is 0.840. The van der Waals surface area contributed by atoms with Gasteiger partial charge in [0.25, 0.3) is 0 Å². The molecule has 2 aromatic heterocycles. The smallest absolute Gasteiger partial charge is 0.224 e. The molecular formula is C7H6BrClN6. The van der Waals surface area contributed by atoms with Crippen molar-refractivity contribution in [3.8, 4) is 0 Å². The van der Waals surface area contributed by atoms with Crippen molar-refractivity contribution in [1.29, 1.82) is 0 Å². The fourth-order valence-electron chi connectivity index (χ4n) is 0.953. The van der Waals surface area contributed by atoms with Crippen LogP contribution in [0.15, 0.2) is 17.0 Å². The summed E-state index contributed by atoms with van der Waals surface area (Å²) < 4.78 is 0.742. The summed E-state index contributed by atoms with van der Waals surface area (Å²) in [5.41, 5.74) is 0. The molecule has 0 aromatic carbocycles. The van der Waals surface area contributed by atoms with Gasteiger partial charge in [-0.3, -0.25) is 5.10 Å². The largest absolute Gasteiger partial charge is 0.362 e. The SMILES string of the molecule is Clc1ncc(Br)c(NCc2ncn[nH]2)n1. The molecule has 0 aliphatic rings. The second kappa shape index (κ2) is 4.54. The number of H-pyrrole nitrogens is 1. The first kappa shape index (κ1) is 10.3. The van der Waals surface area contributed by atoms with E-state index in [0.717, 1.165) is 10.3 Å². The van der Waals surface area contributed by atoms with Crippen LogP contribution in [0.5, 0.6) is 0 Å². The van der Waals surface area contributed by atoms with Gasteiger partial charge in [-0.1, -0.05) is 0 Å². The van der Waals surface area contributed by atoms with Crippen molar-refractivity contribution in [2.24, 2.45) is 0 Å². The first-order valence-corrected chi connectivity index (χ1v) is 5.19. The summed E-state index contributed by atoms with van der Waals surface area (Å²) in [5, 5.41) is 9.69. The highest BCUT2D eigenvalue weighted by Crippen LogP contribution is 2.20. The van der Waals surface area contributed by atoms with Crippen LogP contribution in [-0.4, -0.2) is 25.1 Å². The van der Waals surface area contributed by atoms with E-state index in [1.807, 2.05) is 0 Å². The summed E-state index contributed by atoms with van der Waals surface area (Å²) >= 11 is 8.96. The molecule has 0 bridgehead atoms. The van der Waals surface area contributed by atoms with Gasteiger partial charge in [-0.15, -0.1) is 0 Å². The molecule has 0 saturated carbocycles. The minimum absolute atomic E-state index is 0.193. The second-order valence-electron chi connectivity index (χ2n) is 2.62. The van der Waals surface area contributed by atoms with Gasteiger partial charge in [0.15, 0.2) is 0 Å². The Morgan fingerprint density at radius 2 is 2.33 bits per heavy atom. The van der Waals surface area contributed by atoms with Gasteiger partial charge in [0.2, 0.25) is 5.28 Å². The van der Waals surface area contributed by atoms with Crippen LogP contribution >= 0.6 is 27.5 Å². The fourth-order valence-corrected chi connectivity index (χ4v) is 1.42. The number of aromatic amines is 1. The van der Waals surface area contributed by atoms with Crippen molar-refractivity contribution < 1.29 is 0 Å². The van der Waals surface area contributed by atoms with Crippen LogP contribution in [0.3, 0.4) is 0 Å². The monoisotopic (exact) mass is 288 g/mol. The molecule has 0 amide bonds. The molecular weight excluding hydrogens is 283 g/mol. The van der Waals surface area contributed by atoms with Gasteiger partial charge in [-0.2, -0.15) is 10.1 Å². The Balaban J connectivity index is 2.07. The lowest BCUT2D eigenvalue weighted by Gasteiger charge is -2.04. The highest BCUT2D eigenvalue weighted by atomic mass is 79.9. The molecule has 15 heavy (non-hydrogen) atoms. The van der Waals surface area contributed by atoms with Crippen molar-refractivity contribution in [1.82, 2.24) is 25.1 Å². The van der Waals surface area contributed by atoms with Gasteiger partial charge in [0.05, 0.1) is 11.0 Å². The Morgan fingerprint density at radius 3 is 3.07 bits per heavy atom. The molecule has 6 nitrogen and oxygen atoms in total. The van der Waals surface area contributed by atoms with E-state index >= 15 is 0 Å². The molecule has 78 valence electrons. The normalized spacial score (nSPS) is 10.3. The summed E-state index contributed by atoms with van der Waals surface area (Å²) in [6, 6.07) is 0. The minimum Gasteiger partial charge on any atom is -0.362 e. The summed E-state index contributed by atoms with van der Waals surface area (Å²) in [4.78, 5) is 11.8. The van der Waals surface area contributed by atoms with E-state index in [9.17, 15) is 0 Å². The third-order valence-electron chi connectivity index (χ3n) is 1.60. The van der Waals surface area contributed by atoms with E-state index in [0.29, 0.717) is 12.4 Å². The second-order valence-corrected chi connectivity index (χ2v) is 3.81. The van der Waals surface area contributed by atoms with Crippen LogP contribution < -0.4 is 5.32 Å². The Kier molecular flexibility index (Phi) is 3.12. The number of aromatic nitrogens is 5. The highest BCUT2D eigenvalue weighted by Gasteiger charge is 2.03. The Hall–Kier alpha value is -1.21. The topological polar surface area (TPSA) is 79.4 Å². The van der Waals surface area contributed by atoms with Crippen LogP contribution in [0.2, 0.25) is 5.28 Å². The molecule has 0 aliphatic heterocycles. The number of nitrogens with zero attached hydrogens (tertiary/aromatic N) is 4. The van der Waals surface area contributed by atoms with E-state index in [-0.39, 0.29) is 5.28 Å². The van der Waals surface area contributed by atoms with E-state index in [4.69, 9.17) is 11.6 Å². The molecule has 2 rings (SSSR count). The molecule has 2 heterocycles.